The van der Waals surface area contributed by atoms with Crippen LogP contribution in [0.2, 0.25) is 5.15 Å². The molecule has 0 bridgehead atoms. The van der Waals surface area contributed by atoms with Crippen molar-refractivity contribution in [3.8, 4) is 12.3 Å². The Balaban J connectivity index is 0.971. The van der Waals surface area contributed by atoms with E-state index >= 15 is 4.39 Å². The lowest BCUT2D eigenvalue weighted by molar-refractivity contribution is 0.0943. The molecule has 2 aliphatic rings. The number of carbonyl (C=O) groups excluding carboxylic acids is 2. The van der Waals surface area contributed by atoms with Crippen LogP contribution in [-0.2, 0) is 13.0 Å². The summed E-state index contributed by atoms with van der Waals surface area (Å²) in [5.74, 6) is 2.56. The number of nitrogens with zero attached hydrogens (tertiary/aromatic N) is 8. The van der Waals surface area contributed by atoms with Gasteiger partial charge in [-0.05, 0) is 61.4 Å². The number of halogens is 2. The molecule has 1 fully saturated rings. The number of nitrogens with one attached hydrogen (secondary N) is 3. The van der Waals surface area contributed by atoms with Crippen molar-refractivity contribution < 1.29 is 14.0 Å². The Morgan fingerprint density at radius 2 is 1.83 bits per heavy atom. The Kier molecular flexibility index (Phi) is 12.0. The molecule has 1 saturated heterocycles. The fourth-order valence-electron chi connectivity index (χ4n) is 6.36. The Hall–Kier alpha value is -5.78. The van der Waals surface area contributed by atoms with Crippen LogP contribution in [0.5, 0.6) is 0 Å². The molecule has 6 rings (SSSR count). The minimum atomic E-state index is -0.876. The lowest BCUT2D eigenvalue weighted by Crippen LogP contribution is -2.48. The average Bonchev–Trinajstić information content (AvgIpc) is 3.18. The number of benzene rings is 1. The minimum Gasteiger partial charge on any atom is -0.369 e. The van der Waals surface area contributed by atoms with Crippen LogP contribution >= 0.6 is 11.6 Å². The Morgan fingerprint density at radius 3 is 2.53 bits per heavy atom. The molecular weight excluding hydrogens is 697 g/mol. The van der Waals surface area contributed by atoms with Crippen molar-refractivity contribution in [3.63, 3.8) is 0 Å². The summed E-state index contributed by atoms with van der Waals surface area (Å²) in [6.07, 6.45) is 10.0. The first-order chi connectivity index (χ1) is 25.8. The summed E-state index contributed by atoms with van der Waals surface area (Å²) in [4.78, 5) is 50.8. The van der Waals surface area contributed by atoms with Gasteiger partial charge in [0.05, 0.1) is 23.4 Å². The number of anilines is 5. The molecule has 274 valence electrons. The molecule has 1 aromatic carbocycles. The summed E-state index contributed by atoms with van der Waals surface area (Å²) >= 11 is 6.22. The summed E-state index contributed by atoms with van der Waals surface area (Å²) in [5.41, 5.74) is 4.00. The minimum absolute atomic E-state index is 0.134. The van der Waals surface area contributed by atoms with Crippen molar-refractivity contribution in [2.75, 3.05) is 79.4 Å². The number of urea groups is 1. The van der Waals surface area contributed by atoms with Gasteiger partial charge in [-0.25, -0.2) is 24.7 Å². The van der Waals surface area contributed by atoms with Crippen molar-refractivity contribution in [2.45, 2.75) is 19.4 Å². The number of hydrogen-bond acceptors (Lipinski definition) is 10. The van der Waals surface area contributed by atoms with Gasteiger partial charge < -0.3 is 25.8 Å². The molecule has 4 aromatic rings. The highest BCUT2D eigenvalue weighted by atomic mass is 35.5. The maximum Gasteiger partial charge on any atom is 0.321 e. The number of hydrogen-bond donors (Lipinski definition) is 3. The zero-order chi connectivity index (χ0) is 37.3. The molecule has 3 amide bonds. The monoisotopic (exact) mass is 737 g/mol. The quantitative estimate of drug-likeness (QED) is 0.107. The molecule has 0 spiro atoms. The zero-order valence-electron chi connectivity index (χ0n) is 29.5. The van der Waals surface area contributed by atoms with Crippen LogP contribution in [-0.4, -0.2) is 96.2 Å². The Labute approximate surface area is 313 Å². The predicted octanol–water partition coefficient (Wildman–Crippen LogP) is 4.62. The number of pyridine rings is 2. The molecule has 53 heavy (non-hydrogen) atoms. The average molecular weight is 738 g/mol. The van der Waals surface area contributed by atoms with Gasteiger partial charge in [0.25, 0.3) is 5.91 Å². The molecule has 0 radical (unpaired) electrons. The molecule has 0 unspecified atom stereocenters. The van der Waals surface area contributed by atoms with Crippen LogP contribution in [0.4, 0.5) is 38.0 Å². The van der Waals surface area contributed by atoms with E-state index in [0.29, 0.717) is 62.8 Å². The highest BCUT2D eigenvalue weighted by Gasteiger charge is 2.24. The highest BCUT2D eigenvalue weighted by Crippen LogP contribution is 2.29. The van der Waals surface area contributed by atoms with Crippen molar-refractivity contribution in [1.82, 2.24) is 35.5 Å². The second kappa shape index (κ2) is 17.2. The Morgan fingerprint density at radius 1 is 1.04 bits per heavy atom. The molecule has 13 nitrogen and oxygen atoms in total. The van der Waals surface area contributed by atoms with Crippen LogP contribution in [0.25, 0.3) is 0 Å². The lowest BCUT2D eigenvalue weighted by Gasteiger charge is -2.36. The second-order valence-corrected chi connectivity index (χ2v) is 12.9. The van der Waals surface area contributed by atoms with Crippen molar-refractivity contribution >= 4 is 52.4 Å². The molecule has 3 N–H and O–H groups in total. The van der Waals surface area contributed by atoms with Crippen LogP contribution < -0.4 is 30.7 Å². The first kappa shape index (κ1) is 37.0. The zero-order valence-corrected chi connectivity index (χ0v) is 30.2. The summed E-state index contributed by atoms with van der Waals surface area (Å²) in [6.45, 7) is 9.68. The largest absolute Gasteiger partial charge is 0.369 e. The van der Waals surface area contributed by atoms with E-state index in [1.807, 2.05) is 35.2 Å². The second-order valence-electron chi connectivity index (χ2n) is 12.5. The van der Waals surface area contributed by atoms with Gasteiger partial charge in [-0.3, -0.25) is 14.6 Å². The van der Waals surface area contributed by atoms with E-state index < -0.39 is 11.9 Å². The molecule has 0 aliphatic carbocycles. The van der Waals surface area contributed by atoms with E-state index in [2.05, 4.69) is 58.2 Å². The SMILES string of the molecule is C#Cc1ccc(N2CCc3c(ncnc3Nc3ccc(C(=O)NCCN4CCN(c5ccc(N(CCC=C)C(=O)NC)cc5)CC4)c(F)n3)C2)nc1Cl. The van der Waals surface area contributed by atoms with Gasteiger partial charge in [-0.1, -0.05) is 23.6 Å². The fraction of sp³-hybridized carbons (Fsp3) is 0.316. The third-order valence-electron chi connectivity index (χ3n) is 9.29. The van der Waals surface area contributed by atoms with Gasteiger partial charge in [-0.2, -0.15) is 4.39 Å². The van der Waals surface area contributed by atoms with E-state index in [0.717, 1.165) is 48.8 Å². The number of amides is 3. The van der Waals surface area contributed by atoms with Crippen LogP contribution in [0.15, 0.2) is 67.5 Å². The summed E-state index contributed by atoms with van der Waals surface area (Å²) < 4.78 is 15.1. The van der Waals surface area contributed by atoms with E-state index in [1.165, 1.54) is 12.4 Å². The molecule has 2 aliphatic heterocycles. The van der Waals surface area contributed by atoms with Crippen molar-refractivity contribution in [1.29, 1.82) is 0 Å². The number of piperazine rings is 1. The molecule has 0 saturated carbocycles. The maximum atomic E-state index is 15.1. The van der Waals surface area contributed by atoms with Gasteiger partial charge in [-0.15, -0.1) is 13.0 Å². The molecular formula is C38H41ClFN11O2. The number of fused-ring (bicyclic) bond motifs is 1. The van der Waals surface area contributed by atoms with Crippen molar-refractivity contribution in [2.24, 2.45) is 0 Å². The number of carbonyl (C=O) groups is 2. The smallest absolute Gasteiger partial charge is 0.321 e. The van der Waals surface area contributed by atoms with Gasteiger partial charge in [0.1, 0.15) is 28.9 Å². The molecule has 5 heterocycles. The highest BCUT2D eigenvalue weighted by molar-refractivity contribution is 6.30. The first-order valence-electron chi connectivity index (χ1n) is 17.4. The standard InChI is InChI=1S/C38H41ClFN11O2/c1-4-6-17-51(38(53)41-3)28-10-8-27(9-11-28)49-22-20-48(21-23-49)19-16-42-37(52)30-12-13-32(45-35(30)40)46-36-29-15-18-50(24-31(29)43-25-44-36)33-14-7-26(5-2)34(39)47-33/h2,4,7-14,25H,1,6,15-24H2,3H3,(H,41,53)(H,42,52)(H,43,44,45,46). The molecule has 15 heteroatoms. The fourth-order valence-corrected chi connectivity index (χ4v) is 6.56. The normalized spacial score (nSPS) is 14.2. The third-order valence-corrected chi connectivity index (χ3v) is 9.58. The van der Waals surface area contributed by atoms with Gasteiger partial charge in [0.15, 0.2) is 0 Å². The van der Waals surface area contributed by atoms with Gasteiger partial charge >= 0.3 is 6.03 Å². The van der Waals surface area contributed by atoms with Crippen molar-refractivity contribution in [3.05, 3.63) is 101 Å². The van der Waals surface area contributed by atoms with E-state index in [4.69, 9.17) is 18.0 Å². The van der Waals surface area contributed by atoms with Gasteiger partial charge in [0, 0.05) is 76.3 Å². The Bertz CT molecular complexity index is 2000. The van der Waals surface area contributed by atoms with Gasteiger partial charge in [0.2, 0.25) is 5.95 Å². The molecule has 3 aromatic heterocycles. The third kappa shape index (κ3) is 8.82. The van der Waals surface area contributed by atoms with Crippen LogP contribution in [0.3, 0.4) is 0 Å². The summed E-state index contributed by atoms with van der Waals surface area (Å²) in [6, 6.07) is 14.4. The topological polar surface area (TPSA) is 135 Å². The van der Waals surface area contributed by atoms with E-state index in [1.54, 1.807) is 30.2 Å². The number of aromatic nitrogens is 4. The van der Waals surface area contributed by atoms with Crippen LogP contribution in [0, 0.1) is 18.3 Å². The van der Waals surface area contributed by atoms with Crippen LogP contribution in [0.1, 0.15) is 33.6 Å². The number of rotatable bonds is 12. The first-order valence-corrected chi connectivity index (χ1v) is 17.8. The lowest BCUT2D eigenvalue weighted by atomic mass is 10.1. The van der Waals surface area contributed by atoms with E-state index in [-0.39, 0.29) is 22.6 Å². The summed E-state index contributed by atoms with van der Waals surface area (Å²) in [7, 11) is 1.62. The summed E-state index contributed by atoms with van der Waals surface area (Å²) in [5, 5.41) is 8.89. The maximum absolute atomic E-state index is 15.1. The number of terminal acetylenes is 1. The molecule has 0 atom stereocenters. The predicted molar refractivity (Wildman–Crippen MR) is 205 cm³/mol. The van der Waals surface area contributed by atoms with E-state index in [9.17, 15) is 9.59 Å².